The summed E-state index contributed by atoms with van der Waals surface area (Å²) in [6.45, 7) is 2.52. The summed E-state index contributed by atoms with van der Waals surface area (Å²) in [5, 5.41) is 3.26. The van der Waals surface area contributed by atoms with Gasteiger partial charge in [-0.25, -0.2) is 12.7 Å². The van der Waals surface area contributed by atoms with Crippen molar-refractivity contribution in [2.75, 3.05) is 32.5 Å². The average Bonchev–Trinajstić information content (AvgIpc) is 2.39. The highest BCUT2D eigenvalue weighted by Gasteiger charge is 2.30. The van der Waals surface area contributed by atoms with Gasteiger partial charge in [-0.15, -0.1) is 12.4 Å². The van der Waals surface area contributed by atoms with Crippen molar-refractivity contribution in [3.63, 3.8) is 0 Å². The molecule has 2 saturated heterocycles. The smallest absolute Gasteiger partial charge is 0.216 e. The van der Waals surface area contributed by atoms with Gasteiger partial charge in [-0.05, 0) is 45.2 Å². The van der Waals surface area contributed by atoms with E-state index in [0.717, 1.165) is 45.2 Å². The summed E-state index contributed by atoms with van der Waals surface area (Å²) in [5.41, 5.74) is 0. The van der Waals surface area contributed by atoms with E-state index >= 15 is 0 Å². The number of nitrogens with zero attached hydrogens (tertiary/aromatic N) is 1. The van der Waals surface area contributed by atoms with Gasteiger partial charge < -0.3 is 10.1 Å². The van der Waals surface area contributed by atoms with Crippen LogP contribution in [0.3, 0.4) is 0 Å². The number of ether oxygens (including phenoxy) is 1. The largest absolute Gasteiger partial charge is 0.377 e. The number of hydrogen-bond donors (Lipinski definition) is 1. The lowest BCUT2D eigenvalue weighted by molar-refractivity contribution is 0.0297. The Balaban J connectivity index is 0.00000180. The maximum absolute atomic E-state index is 12.3. The third kappa shape index (κ3) is 4.86. The Hall–Kier alpha value is 0.120. The van der Waals surface area contributed by atoms with Crippen LogP contribution in [0.2, 0.25) is 0 Å². The molecule has 0 radical (unpaired) electrons. The van der Waals surface area contributed by atoms with E-state index in [1.54, 1.807) is 11.4 Å². The Labute approximate surface area is 122 Å². The van der Waals surface area contributed by atoms with E-state index in [1.807, 2.05) is 0 Å². The van der Waals surface area contributed by atoms with Gasteiger partial charge in [-0.2, -0.15) is 0 Å². The van der Waals surface area contributed by atoms with Crippen molar-refractivity contribution in [1.29, 1.82) is 0 Å². The second-order valence-electron chi connectivity index (χ2n) is 5.26. The van der Waals surface area contributed by atoms with Crippen LogP contribution in [-0.2, 0) is 14.8 Å². The first-order chi connectivity index (χ1) is 8.59. The monoisotopic (exact) mass is 312 g/mol. The lowest BCUT2D eigenvalue weighted by Crippen LogP contribution is -2.46. The number of halogens is 1. The highest BCUT2D eigenvalue weighted by Crippen LogP contribution is 2.19. The molecule has 2 heterocycles. The Morgan fingerprint density at radius 1 is 1.21 bits per heavy atom. The van der Waals surface area contributed by atoms with E-state index in [0.29, 0.717) is 6.61 Å². The van der Waals surface area contributed by atoms with Gasteiger partial charge in [-0.1, -0.05) is 0 Å². The second kappa shape index (κ2) is 7.78. The molecule has 0 aliphatic carbocycles. The van der Waals surface area contributed by atoms with Crippen LogP contribution >= 0.6 is 12.4 Å². The second-order valence-corrected chi connectivity index (χ2v) is 7.34. The number of hydrogen-bond acceptors (Lipinski definition) is 4. The minimum Gasteiger partial charge on any atom is -0.377 e. The lowest BCUT2D eigenvalue weighted by atomic mass is 10.1. The van der Waals surface area contributed by atoms with Gasteiger partial charge in [0, 0.05) is 19.7 Å². The maximum Gasteiger partial charge on any atom is 0.216 e. The highest BCUT2D eigenvalue weighted by atomic mass is 35.5. The summed E-state index contributed by atoms with van der Waals surface area (Å²) in [7, 11) is -1.46. The van der Waals surface area contributed by atoms with Gasteiger partial charge in [-0.3, -0.25) is 0 Å². The van der Waals surface area contributed by atoms with Crippen LogP contribution in [-0.4, -0.2) is 57.4 Å². The first kappa shape index (κ1) is 17.2. The number of sulfonamides is 1. The number of rotatable bonds is 4. The van der Waals surface area contributed by atoms with Crippen LogP contribution in [0.4, 0.5) is 0 Å². The molecule has 2 aliphatic rings. The topological polar surface area (TPSA) is 58.6 Å². The van der Waals surface area contributed by atoms with Gasteiger partial charge in [0.1, 0.15) is 0 Å². The van der Waals surface area contributed by atoms with Crippen molar-refractivity contribution in [2.24, 2.45) is 0 Å². The van der Waals surface area contributed by atoms with Crippen molar-refractivity contribution >= 4 is 22.4 Å². The molecule has 7 heteroatoms. The number of nitrogens with one attached hydrogen (secondary N) is 1. The van der Waals surface area contributed by atoms with Gasteiger partial charge in [0.2, 0.25) is 10.0 Å². The standard InChI is InChI=1S/C12H24N2O3S.ClH/c1-14(11-5-7-13-8-6-11)18(15,16)10-12-4-2-3-9-17-12;/h11-13H,2-10H2,1H3;1H. The van der Waals surface area contributed by atoms with E-state index in [4.69, 9.17) is 4.74 Å². The summed E-state index contributed by atoms with van der Waals surface area (Å²) in [5.74, 6) is 0.146. The average molecular weight is 313 g/mol. The molecule has 1 N–H and O–H groups in total. The predicted molar refractivity (Wildman–Crippen MR) is 78.3 cm³/mol. The van der Waals surface area contributed by atoms with Crippen LogP contribution in [0.25, 0.3) is 0 Å². The Kier molecular flexibility index (Phi) is 7.04. The molecule has 5 nitrogen and oxygen atoms in total. The van der Waals surface area contributed by atoms with Crippen LogP contribution in [0, 0.1) is 0 Å². The molecule has 0 spiro atoms. The minimum absolute atomic E-state index is 0. The Morgan fingerprint density at radius 2 is 1.89 bits per heavy atom. The van der Waals surface area contributed by atoms with E-state index in [-0.39, 0.29) is 30.3 Å². The molecule has 1 atom stereocenters. The fourth-order valence-corrected chi connectivity index (χ4v) is 4.32. The van der Waals surface area contributed by atoms with Crippen molar-refractivity contribution in [1.82, 2.24) is 9.62 Å². The normalized spacial score (nSPS) is 26.1. The molecule has 0 saturated carbocycles. The first-order valence-electron chi connectivity index (χ1n) is 6.87. The SMILES string of the molecule is CN(C1CCNCC1)S(=O)(=O)CC1CCCCO1.Cl. The quantitative estimate of drug-likeness (QED) is 0.841. The third-order valence-corrected chi connectivity index (χ3v) is 5.90. The maximum atomic E-state index is 12.3. The van der Waals surface area contributed by atoms with Crippen LogP contribution in [0.1, 0.15) is 32.1 Å². The van der Waals surface area contributed by atoms with Crippen molar-refractivity contribution in [2.45, 2.75) is 44.2 Å². The third-order valence-electron chi connectivity index (χ3n) is 3.93. The van der Waals surface area contributed by atoms with Gasteiger partial charge in [0.05, 0.1) is 11.9 Å². The zero-order chi connectivity index (χ0) is 13.0. The number of piperidine rings is 1. The minimum atomic E-state index is -3.18. The molecule has 0 aromatic rings. The zero-order valence-corrected chi connectivity index (χ0v) is 13.1. The molecular weight excluding hydrogens is 288 g/mol. The van der Waals surface area contributed by atoms with Crippen molar-refractivity contribution < 1.29 is 13.2 Å². The molecule has 1 unspecified atom stereocenters. The summed E-state index contributed by atoms with van der Waals surface area (Å²) < 4.78 is 31.8. The van der Waals surface area contributed by atoms with Crippen LogP contribution in [0.5, 0.6) is 0 Å². The van der Waals surface area contributed by atoms with Gasteiger partial charge in [0.15, 0.2) is 0 Å². The van der Waals surface area contributed by atoms with Crippen LogP contribution in [0.15, 0.2) is 0 Å². The molecule has 2 fully saturated rings. The summed E-state index contributed by atoms with van der Waals surface area (Å²) in [4.78, 5) is 0. The Morgan fingerprint density at radius 3 is 2.47 bits per heavy atom. The molecule has 0 amide bonds. The summed E-state index contributed by atoms with van der Waals surface area (Å²) in [6.07, 6.45) is 4.72. The molecule has 0 aromatic heterocycles. The predicted octanol–water partition coefficient (Wildman–Crippen LogP) is 0.991. The zero-order valence-electron chi connectivity index (χ0n) is 11.5. The Bertz CT molecular complexity index is 352. The van der Waals surface area contributed by atoms with Gasteiger partial charge in [0.25, 0.3) is 0 Å². The molecular formula is C12H25ClN2O3S. The molecule has 114 valence electrons. The molecule has 0 bridgehead atoms. The first-order valence-corrected chi connectivity index (χ1v) is 8.48. The summed E-state index contributed by atoms with van der Waals surface area (Å²) >= 11 is 0. The van der Waals surface area contributed by atoms with Crippen LogP contribution < -0.4 is 5.32 Å². The van der Waals surface area contributed by atoms with E-state index in [1.165, 1.54) is 0 Å². The highest BCUT2D eigenvalue weighted by molar-refractivity contribution is 7.89. The van der Waals surface area contributed by atoms with E-state index in [2.05, 4.69) is 5.32 Å². The molecule has 2 aliphatic heterocycles. The molecule has 19 heavy (non-hydrogen) atoms. The van der Waals surface area contributed by atoms with E-state index < -0.39 is 10.0 Å². The molecule has 2 rings (SSSR count). The van der Waals surface area contributed by atoms with Crippen molar-refractivity contribution in [3.05, 3.63) is 0 Å². The fourth-order valence-electron chi connectivity index (χ4n) is 2.69. The van der Waals surface area contributed by atoms with Crippen molar-refractivity contribution in [3.8, 4) is 0 Å². The molecule has 0 aromatic carbocycles. The van der Waals surface area contributed by atoms with Gasteiger partial charge >= 0.3 is 0 Å². The lowest BCUT2D eigenvalue weighted by Gasteiger charge is -2.32. The summed E-state index contributed by atoms with van der Waals surface area (Å²) in [6, 6.07) is 0.153. The fraction of sp³-hybridized carbons (Fsp3) is 1.00. The van der Waals surface area contributed by atoms with E-state index in [9.17, 15) is 8.42 Å².